The minimum atomic E-state index is 0.141. The smallest absolute Gasteiger partial charge is 0.183 e. The minimum absolute atomic E-state index is 0.141. The quantitative estimate of drug-likeness (QED) is 0.605. The summed E-state index contributed by atoms with van der Waals surface area (Å²) in [5.74, 6) is 0. The van der Waals surface area contributed by atoms with E-state index in [2.05, 4.69) is 18.2 Å². The lowest BCUT2D eigenvalue weighted by molar-refractivity contribution is 0.0506. The van der Waals surface area contributed by atoms with E-state index in [1.54, 1.807) is 0 Å². The van der Waals surface area contributed by atoms with E-state index in [9.17, 15) is 4.79 Å². The van der Waals surface area contributed by atoms with E-state index in [0.29, 0.717) is 12.2 Å². The number of aldehydes is 1. The van der Waals surface area contributed by atoms with Gasteiger partial charge in [0.25, 0.3) is 0 Å². The standard InChI is InChI=1S/C20H20BNO2/c21-22-13-20(24-15-18-4-2-1-3-5-18)12-19(22)11-10-16-6-8-17(14-23)9-7-16/h1-11,14,19-20H,12-13,15H2/b11-10+/t19-,20-/m1/s1. The van der Waals surface area contributed by atoms with Gasteiger partial charge in [-0.3, -0.25) is 4.79 Å². The van der Waals surface area contributed by atoms with Crippen molar-refractivity contribution in [2.45, 2.75) is 25.2 Å². The summed E-state index contributed by atoms with van der Waals surface area (Å²) in [4.78, 5) is 12.5. The number of benzene rings is 2. The average molecular weight is 317 g/mol. The summed E-state index contributed by atoms with van der Waals surface area (Å²) in [5, 5.41) is 0. The van der Waals surface area contributed by atoms with Gasteiger partial charge in [0.15, 0.2) is 7.98 Å². The fourth-order valence-electron chi connectivity index (χ4n) is 2.86. The van der Waals surface area contributed by atoms with Crippen LogP contribution in [0.25, 0.3) is 6.08 Å². The molecular weight excluding hydrogens is 297 g/mol. The first-order chi connectivity index (χ1) is 11.7. The average Bonchev–Trinajstić information content (AvgIpc) is 2.99. The van der Waals surface area contributed by atoms with E-state index in [4.69, 9.17) is 12.7 Å². The largest absolute Gasteiger partial charge is 0.372 e. The molecule has 2 radical (unpaired) electrons. The molecule has 0 bridgehead atoms. The first-order valence-corrected chi connectivity index (χ1v) is 8.15. The lowest BCUT2D eigenvalue weighted by atomic mass is 10.1. The summed E-state index contributed by atoms with van der Waals surface area (Å²) in [7, 11) is 6.10. The molecule has 0 unspecified atom stereocenters. The van der Waals surface area contributed by atoms with Gasteiger partial charge in [-0.05, 0) is 17.5 Å². The Kier molecular flexibility index (Phi) is 5.62. The molecule has 1 aliphatic heterocycles. The Labute approximate surface area is 144 Å². The molecule has 2 atom stereocenters. The predicted molar refractivity (Wildman–Crippen MR) is 96.7 cm³/mol. The zero-order valence-electron chi connectivity index (χ0n) is 13.5. The van der Waals surface area contributed by atoms with Crippen LogP contribution in [0.2, 0.25) is 0 Å². The van der Waals surface area contributed by atoms with Crippen molar-refractivity contribution >= 4 is 20.3 Å². The maximum absolute atomic E-state index is 10.7. The summed E-state index contributed by atoms with van der Waals surface area (Å²) in [6.45, 7) is 1.34. The van der Waals surface area contributed by atoms with E-state index >= 15 is 0 Å². The SMILES string of the molecule is [B]N1C[C@H](OCc2ccccc2)C[C@H]1/C=C/c1ccc(C=O)cc1. The number of hydrogen-bond acceptors (Lipinski definition) is 3. The lowest BCUT2D eigenvalue weighted by Gasteiger charge is -2.15. The molecule has 0 N–H and O–H groups in total. The van der Waals surface area contributed by atoms with Crippen LogP contribution in [-0.2, 0) is 11.3 Å². The fourth-order valence-corrected chi connectivity index (χ4v) is 2.86. The zero-order chi connectivity index (χ0) is 16.8. The summed E-state index contributed by atoms with van der Waals surface area (Å²) >= 11 is 0. The van der Waals surface area contributed by atoms with Crippen LogP contribution in [0.4, 0.5) is 0 Å². The van der Waals surface area contributed by atoms with E-state index in [1.807, 2.05) is 53.4 Å². The van der Waals surface area contributed by atoms with Crippen LogP contribution in [0, 0.1) is 0 Å². The number of hydrogen-bond donors (Lipinski definition) is 0. The normalized spacial score (nSPS) is 21.3. The van der Waals surface area contributed by atoms with E-state index < -0.39 is 0 Å². The molecule has 0 amide bonds. The Balaban J connectivity index is 1.53. The van der Waals surface area contributed by atoms with E-state index in [1.165, 1.54) is 5.56 Å². The lowest BCUT2D eigenvalue weighted by Crippen LogP contribution is -2.25. The van der Waals surface area contributed by atoms with Crippen LogP contribution in [-0.4, -0.2) is 37.8 Å². The summed E-state index contributed by atoms with van der Waals surface area (Å²) in [6.07, 6.45) is 6.01. The Morgan fingerprint density at radius 3 is 2.50 bits per heavy atom. The molecule has 3 rings (SSSR count). The summed E-state index contributed by atoms with van der Waals surface area (Å²) in [5.41, 5.74) is 2.92. The highest BCUT2D eigenvalue weighted by atomic mass is 16.5. The van der Waals surface area contributed by atoms with Crippen molar-refractivity contribution < 1.29 is 9.53 Å². The highest BCUT2D eigenvalue weighted by molar-refractivity contribution is 6.05. The topological polar surface area (TPSA) is 29.5 Å². The van der Waals surface area contributed by atoms with Gasteiger partial charge in [-0.2, -0.15) is 0 Å². The van der Waals surface area contributed by atoms with Crippen LogP contribution < -0.4 is 0 Å². The van der Waals surface area contributed by atoms with Crippen molar-refractivity contribution in [1.29, 1.82) is 0 Å². The Bertz CT molecular complexity index is 685. The first kappa shape index (κ1) is 16.7. The molecule has 0 aliphatic carbocycles. The Morgan fingerprint density at radius 1 is 1.08 bits per heavy atom. The van der Waals surface area contributed by atoms with Gasteiger partial charge in [-0.1, -0.05) is 66.7 Å². The van der Waals surface area contributed by atoms with Crippen LogP contribution >= 0.6 is 0 Å². The molecule has 1 fully saturated rings. The third-order valence-electron chi connectivity index (χ3n) is 4.26. The molecule has 24 heavy (non-hydrogen) atoms. The maximum Gasteiger partial charge on any atom is 0.183 e. The van der Waals surface area contributed by atoms with Crippen molar-refractivity contribution in [1.82, 2.24) is 4.81 Å². The van der Waals surface area contributed by atoms with E-state index in [0.717, 1.165) is 24.8 Å². The number of nitrogens with zero attached hydrogens (tertiary/aromatic N) is 1. The van der Waals surface area contributed by atoms with Gasteiger partial charge in [-0.25, -0.2) is 0 Å². The van der Waals surface area contributed by atoms with Crippen molar-refractivity contribution in [3.63, 3.8) is 0 Å². The molecule has 3 nitrogen and oxygen atoms in total. The first-order valence-electron chi connectivity index (χ1n) is 8.15. The van der Waals surface area contributed by atoms with Gasteiger partial charge >= 0.3 is 0 Å². The Morgan fingerprint density at radius 2 is 1.79 bits per heavy atom. The Hall–Kier alpha value is -2.17. The maximum atomic E-state index is 10.7. The van der Waals surface area contributed by atoms with Gasteiger partial charge in [0.05, 0.1) is 12.7 Å². The van der Waals surface area contributed by atoms with Crippen molar-refractivity contribution in [2.24, 2.45) is 0 Å². The highest BCUT2D eigenvalue weighted by Crippen LogP contribution is 2.21. The molecule has 120 valence electrons. The fraction of sp³-hybridized carbons (Fsp3) is 0.250. The van der Waals surface area contributed by atoms with Gasteiger partial charge < -0.3 is 9.55 Å². The zero-order valence-corrected chi connectivity index (χ0v) is 13.5. The predicted octanol–water partition coefficient (Wildman–Crippen LogP) is 3.26. The third-order valence-corrected chi connectivity index (χ3v) is 4.26. The minimum Gasteiger partial charge on any atom is -0.372 e. The molecule has 1 saturated heterocycles. The highest BCUT2D eigenvalue weighted by Gasteiger charge is 2.27. The van der Waals surface area contributed by atoms with Crippen LogP contribution in [0.3, 0.4) is 0 Å². The number of rotatable bonds is 6. The van der Waals surface area contributed by atoms with Crippen molar-refractivity contribution in [3.8, 4) is 0 Å². The monoisotopic (exact) mass is 317 g/mol. The van der Waals surface area contributed by atoms with E-state index in [-0.39, 0.29) is 12.1 Å². The number of carbonyl (C=O) groups excluding carboxylic acids is 1. The molecule has 2 aromatic rings. The molecule has 2 aromatic carbocycles. The molecule has 1 aliphatic rings. The molecule has 0 aromatic heterocycles. The number of ether oxygens (including phenoxy) is 1. The second kappa shape index (κ2) is 8.09. The van der Waals surface area contributed by atoms with Gasteiger partial charge in [0.2, 0.25) is 0 Å². The molecule has 0 saturated carbocycles. The molecule has 4 heteroatoms. The summed E-state index contributed by atoms with van der Waals surface area (Å²) < 4.78 is 5.98. The van der Waals surface area contributed by atoms with Crippen molar-refractivity contribution in [2.75, 3.05) is 6.54 Å². The van der Waals surface area contributed by atoms with Crippen molar-refractivity contribution in [3.05, 3.63) is 77.4 Å². The molecule has 1 heterocycles. The number of carbonyl (C=O) groups is 1. The van der Waals surface area contributed by atoms with Gasteiger partial charge in [-0.15, -0.1) is 0 Å². The van der Waals surface area contributed by atoms with Crippen LogP contribution in [0.1, 0.15) is 27.9 Å². The second-order valence-electron chi connectivity index (χ2n) is 6.06. The van der Waals surface area contributed by atoms with Gasteiger partial charge in [0, 0.05) is 18.2 Å². The van der Waals surface area contributed by atoms with Gasteiger partial charge in [0.1, 0.15) is 6.29 Å². The summed E-state index contributed by atoms with van der Waals surface area (Å²) in [6, 6.07) is 17.8. The molecular formula is C20H20BNO2. The third kappa shape index (κ3) is 4.43. The van der Waals surface area contributed by atoms with Crippen LogP contribution in [0.5, 0.6) is 0 Å². The van der Waals surface area contributed by atoms with Crippen LogP contribution in [0.15, 0.2) is 60.7 Å². The molecule has 0 spiro atoms. The second-order valence-corrected chi connectivity index (χ2v) is 6.06.